The van der Waals surface area contributed by atoms with E-state index in [1.807, 2.05) is 20.8 Å². The van der Waals surface area contributed by atoms with Crippen molar-refractivity contribution in [2.75, 3.05) is 23.5 Å². The van der Waals surface area contributed by atoms with E-state index in [4.69, 9.17) is 16.5 Å². The molecule has 1 aromatic heterocycles. The van der Waals surface area contributed by atoms with Gasteiger partial charge < -0.3 is 17.6 Å². The molecule has 2 aromatic carbocycles. The molecule has 3 aromatic rings. The second-order valence-electron chi connectivity index (χ2n) is 7.22. The Morgan fingerprint density at radius 1 is 1.14 bits per heavy atom. The molecule has 1 unspecified atom stereocenters. The summed E-state index contributed by atoms with van der Waals surface area (Å²) in [6.07, 6.45) is 1.62. The summed E-state index contributed by atoms with van der Waals surface area (Å²) in [7, 11) is -2.42. The molecule has 0 aliphatic rings. The fourth-order valence-electron chi connectivity index (χ4n) is 3.05. The third kappa shape index (κ3) is 4.49. The monoisotopic (exact) mass is 419 g/mol. The fourth-order valence-corrected chi connectivity index (χ4v) is 3.68. The Morgan fingerprint density at radius 2 is 1.69 bits per heavy atom. The first-order valence-electron chi connectivity index (χ1n) is 9.11. The minimum atomic E-state index is -2.42. The van der Waals surface area contributed by atoms with Crippen LogP contribution in [0.4, 0.5) is 21.6 Å². The van der Waals surface area contributed by atoms with Gasteiger partial charge in [-0.25, -0.2) is 13.6 Å². The normalized spacial score (nSPS) is 13.2. The SMILES string of the molecule is CCS(C)(=O)=Nc1nc(C(C)C)c(-c2ccc(F)cc2)c2cc(N)c(N)cc12.N.[HH]. The Bertz CT molecular complexity index is 1170. The van der Waals surface area contributed by atoms with Gasteiger partial charge in [0.25, 0.3) is 0 Å². The molecular weight excluding hydrogens is 389 g/mol. The van der Waals surface area contributed by atoms with Gasteiger partial charge in [0, 0.05) is 24.4 Å². The number of anilines is 2. The quantitative estimate of drug-likeness (QED) is 0.482. The number of nitrogen functional groups attached to an aromatic ring is 2. The van der Waals surface area contributed by atoms with Gasteiger partial charge in [-0.05, 0) is 41.1 Å². The molecule has 0 amide bonds. The van der Waals surface area contributed by atoms with Gasteiger partial charge in [-0.15, -0.1) is 0 Å². The number of hydrogen-bond acceptors (Lipinski definition) is 6. The fraction of sp³-hybridized carbons (Fsp3) is 0.286. The zero-order valence-corrected chi connectivity index (χ0v) is 18.0. The van der Waals surface area contributed by atoms with Crippen molar-refractivity contribution >= 4 is 37.7 Å². The lowest BCUT2D eigenvalue weighted by Crippen LogP contribution is -2.03. The molecule has 0 saturated heterocycles. The van der Waals surface area contributed by atoms with E-state index in [1.165, 1.54) is 12.1 Å². The van der Waals surface area contributed by atoms with Gasteiger partial charge >= 0.3 is 0 Å². The molecule has 0 spiro atoms. The average Bonchev–Trinajstić information content (AvgIpc) is 2.63. The van der Waals surface area contributed by atoms with Crippen molar-refractivity contribution < 1.29 is 10.0 Å². The maximum atomic E-state index is 13.5. The highest BCUT2D eigenvalue weighted by atomic mass is 32.2. The smallest absolute Gasteiger partial charge is 0.169 e. The van der Waals surface area contributed by atoms with Crippen LogP contribution in [0.2, 0.25) is 0 Å². The summed E-state index contributed by atoms with van der Waals surface area (Å²) >= 11 is 0. The van der Waals surface area contributed by atoms with E-state index in [1.54, 1.807) is 30.5 Å². The first-order valence-corrected chi connectivity index (χ1v) is 11.2. The summed E-state index contributed by atoms with van der Waals surface area (Å²) in [5, 5.41) is 1.49. The van der Waals surface area contributed by atoms with Crippen molar-refractivity contribution in [1.29, 1.82) is 0 Å². The lowest BCUT2D eigenvalue weighted by molar-refractivity contribution is 0.628. The van der Waals surface area contributed by atoms with E-state index in [2.05, 4.69) is 4.36 Å². The molecule has 0 aliphatic carbocycles. The average molecular weight is 420 g/mol. The standard InChI is InChI=1S/C21H25FN4OS.H3N.H2/c1-5-28(4,27)26-21-16-11-18(24)17(23)10-15(16)19(20(25-21)12(2)3)13-6-8-14(22)9-7-13;;/h6-12H,5,23-24H2,1-4H3;1H3;1H. The highest BCUT2D eigenvalue weighted by Gasteiger charge is 2.19. The molecule has 1 heterocycles. The third-order valence-electron chi connectivity index (χ3n) is 4.71. The van der Waals surface area contributed by atoms with Crippen LogP contribution in [-0.2, 0) is 9.73 Å². The van der Waals surface area contributed by atoms with Crippen LogP contribution in [0.3, 0.4) is 0 Å². The van der Waals surface area contributed by atoms with E-state index in [0.717, 1.165) is 22.2 Å². The van der Waals surface area contributed by atoms with Gasteiger partial charge in [0.05, 0.1) is 26.8 Å². The molecule has 29 heavy (non-hydrogen) atoms. The second kappa shape index (κ2) is 8.34. The molecule has 1 atom stereocenters. The second-order valence-corrected chi connectivity index (χ2v) is 9.90. The van der Waals surface area contributed by atoms with Crippen LogP contribution in [-0.4, -0.2) is 21.2 Å². The topological polar surface area (TPSA) is 129 Å². The van der Waals surface area contributed by atoms with Gasteiger partial charge in [0.1, 0.15) is 5.82 Å². The molecule has 0 fully saturated rings. The largest absolute Gasteiger partial charge is 0.397 e. The van der Waals surface area contributed by atoms with Crippen LogP contribution < -0.4 is 17.6 Å². The molecular formula is C21H30FN5OS. The summed E-state index contributed by atoms with van der Waals surface area (Å²) in [6.45, 7) is 5.88. The Kier molecular flexibility index (Phi) is 6.50. The predicted molar refractivity (Wildman–Crippen MR) is 124 cm³/mol. The maximum Gasteiger partial charge on any atom is 0.169 e. The van der Waals surface area contributed by atoms with Crippen molar-refractivity contribution in [2.45, 2.75) is 26.7 Å². The Labute approximate surface area is 172 Å². The number of nitrogens with two attached hydrogens (primary N) is 2. The van der Waals surface area contributed by atoms with E-state index < -0.39 is 9.73 Å². The molecule has 8 heteroatoms. The summed E-state index contributed by atoms with van der Waals surface area (Å²) in [5.74, 6) is 0.561. The number of rotatable bonds is 4. The molecule has 0 radical (unpaired) electrons. The van der Waals surface area contributed by atoms with Crippen LogP contribution in [0.15, 0.2) is 40.8 Å². The lowest BCUT2D eigenvalue weighted by atomic mass is 9.92. The van der Waals surface area contributed by atoms with E-state index in [-0.39, 0.29) is 19.3 Å². The highest BCUT2D eigenvalue weighted by molar-refractivity contribution is 7.93. The van der Waals surface area contributed by atoms with Gasteiger partial charge in [-0.3, -0.25) is 0 Å². The van der Waals surface area contributed by atoms with Crippen LogP contribution in [0, 0.1) is 5.82 Å². The van der Waals surface area contributed by atoms with Crippen molar-refractivity contribution in [2.24, 2.45) is 4.36 Å². The highest BCUT2D eigenvalue weighted by Crippen LogP contribution is 2.41. The van der Waals surface area contributed by atoms with Crippen LogP contribution >= 0.6 is 0 Å². The molecule has 7 N–H and O–H groups in total. The minimum Gasteiger partial charge on any atom is -0.397 e. The lowest BCUT2D eigenvalue weighted by Gasteiger charge is -2.18. The zero-order valence-electron chi connectivity index (χ0n) is 17.2. The summed E-state index contributed by atoms with van der Waals surface area (Å²) in [4.78, 5) is 4.77. The Hall–Kier alpha value is -2.71. The van der Waals surface area contributed by atoms with Gasteiger partial charge in [0.2, 0.25) is 0 Å². The molecule has 6 nitrogen and oxygen atoms in total. The molecule has 0 aliphatic heterocycles. The van der Waals surface area contributed by atoms with Crippen molar-refractivity contribution in [3.63, 3.8) is 0 Å². The van der Waals surface area contributed by atoms with Crippen LogP contribution in [0.1, 0.15) is 33.8 Å². The van der Waals surface area contributed by atoms with Crippen LogP contribution in [0.25, 0.3) is 21.9 Å². The van der Waals surface area contributed by atoms with E-state index in [0.29, 0.717) is 28.3 Å². The van der Waals surface area contributed by atoms with Crippen molar-refractivity contribution in [1.82, 2.24) is 11.1 Å². The minimum absolute atomic E-state index is 0. The van der Waals surface area contributed by atoms with Gasteiger partial charge in [0.15, 0.2) is 5.82 Å². The number of benzene rings is 2. The van der Waals surface area contributed by atoms with E-state index in [9.17, 15) is 8.60 Å². The van der Waals surface area contributed by atoms with Crippen molar-refractivity contribution in [3.8, 4) is 11.1 Å². The van der Waals surface area contributed by atoms with Gasteiger partial charge in [-0.1, -0.05) is 32.9 Å². The Balaban J connectivity index is 0.00000225. The van der Waals surface area contributed by atoms with Gasteiger partial charge in [-0.2, -0.15) is 4.36 Å². The van der Waals surface area contributed by atoms with Crippen molar-refractivity contribution in [3.05, 3.63) is 47.9 Å². The maximum absolute atomic E-state index is 13.5. The number of hydrogen-bond donors (Lipinski definition) is 3. The van der Waals surface area contributed by atoms with Crippen LogP contribution in [0.5, 0.6) is 0 Å². The first-order chi connectivity index (χ1) is 13.1. The number of halogens is 1. The summed E-state index contributed by atoms with van der Waals surface area (Å²) in [5.41, 5.74) is 15.5. The predicted octanol–water partition coefficient (Wildman–Crippen LogP) is 5.49. The number of pyridine rings is 1. The number of fused-ring (bicyclic) bond motifs is 1. The number of nitrogens with zero attached hydrogens (tertiary/aromatic N) is 2. The molecule has 3 rings (SSSR count). The Morgan fingerprint density at radius 3 is 2.21 bits per heavy atom. The first kappa shape index (κ1) is 22.6. The van der Waals surface area contributed by atoms with E-state index >= 15 is 0 Å². The summed E-state index contributed by atoms with van der Waals surface area (Å²) < 4.78 is 30.6. The number of aromatic nitrogens is 1. The summed E-state index contributed by atoms with van der Waals surface area (Å²) in [6, 6.07) is 9.78. The zero-order chi connectivity index (χ0) is 20.6. The third-order valence-corrected chi connectivity index (χ3v) is 6.34. The molecule has 0 bridgehead atoms. The molecule has 0 saturated carbocycles. The molecule has 158 valence electrons.